The van der Waals surface area contributed by atoms with Gasteiger partial charge in [-0.25, -0.2) is 0 Å². The van der Waals surface area contributed by atoms with Gasteiger partial charge in [0.05, 0.1) is 9.20 Å². The number of halogens is 1. The average Bonchev–Trinajstić information content (AvgIpc) is 2.65. The molecule has 2 aliphatic rings. The largest absolute Gasteiger partial charge is 0.481 e. The van der Waals surface area contributed by atoms with Gasteiger partial charge >= 0.3 is 5.97 Å². The summed E-state index contributed by atoms with van der Waals surface area (Å²) in [5.74, 6) is 0.822. The summed E-state index contributed by atoms with van der Waals surface area (Å²) in [6, 6.07) is 4.05. The molecule has 2 aliphatic carbocycles. The van der Waals surface area contributed by atoms with E-state index in [9.17, 15) is 9.90 Å². The fourth-order valence-corrected chi connectivity index (χ4v) is 4.70. The molecule has 2 saturated carbocycles. The van der Waals surface area contributed by atoms with E-state index < -0.39 is 11.4 Å². The van der Waals surface area contributed by atoms with Crippen LogP contribution in [-0.2, 0) is 11.2 Å². The van der Waals surface area contributed by atoms with E-state index >= 15 is 0 Å². The van der Waals surface area contributed by atoms with Crippen molar-refractivity contribution in [1.82, 2.24) is 0 Å². The predicted molar refractivity (Wildman–Crippen MR) is 66.6 cm³/mol. The quantitative estimate of drug-likeness (QED) is 0.927. The van der Waals surface area contributed by atoms with Gasteiger partial charge in [0.15, 0.2) is 0 Å². The van der Waals surface area contributed by atoms with Gasteiger partial charge in [-0.05, 0) is 65.6 Å². The van der Waals surface area contributed by atoms with Crippen molar-refractivity contribution in [1.29, 1.82) is 0 Å². The molecule has 2 nitrogen and oxygen atoms in total. The summed E-state index contributed by atoms with van der Waals surface area (Å²) < 4.78 is 1.09. The zero-order valence-electron chi connectivity index (χ0n) is 8.78. The highest BCUT2D eigenvalue weighted by Gasteiger charge is 2.57. The fourth-order valence-electron chi connectivity index (χ4n) is 3.07. The molecule has 3 rings (SSSR count). The summed E-state index contributed by atoms with van der Waals surface area (Å²) in [6.07, 6.45) is 3.76. The van der Waals surface area contributed by atoms with Gasteiger partial charge in [0.2, 0.25) is 0 Å². The molecular weight excluding hydrogens is 288 g/mol. The van der Waals surface area contributed by atoms with Gasteiger partial charge in [-0.15, -0.1) is 11.3 Å². The predicted octanol–water partition coefficient (Wildman–Crippen LogP) is 3.55. The third-order valence-electron chi connectivity index (χ3n) is 3.97. The van der Waals surface area contributed by atoms with Crippen LogP contribution >= 0.6 is 27.3 Å². The number of fused-ring (bicyclic) bond motifs is 1. The number of hydrogen-bond donors (Lipinski definition) is 1. The van der Waals surface area contributed by atoms with Crippen molar-refractivity contribution in [2.45, 2.75) is 25.7 Å². The van der Waals surface area contributed by atoms with E-state index in [1.165, 1.54) is 11.3 Å². The Morgan fingerprint density at radius 1 is 1.50 bits per heavy atom. The zero-order valence-corrected chi connectivity index (χ0v) is 11.2. The van der Waals surface area contributed by atoms with Crippen molar-refractivity contribution in [2.24, 2.45) is 17.3 Å². The number of thiophene rings is 1. The van der Waals surface area contributed by atoms with Crippen molar-refractivity contribution >= 4 is 33.2 Å². The van der Waals surface area contributed by atoms with Crippen molar-refractivity contribution in [3.05, 3.63) is 20.8 Å². The van der Waals surface area contributed by atoms with Crippen LogP contribution in [-0.4, -0.2) is 11.1 Å². The summed E-state index contributed by atoms with van der Waals surface area (Å²) in [5.41, 5.74) is -0.460. The Kier molecular flexibility index (Phi) is 2.41. The maximum atomic E-state index is 11.5. The summed E-state index contributed by atoms with van der Waals surface area (Å²) >= 11 is 5.09. The third-order valence-corrected chi connectivity index (χ3v) is 5.59. The van der Waals surface area contributed by atoms with Crippen LogP contribution in [0.3, 0.4) is 0 Å². The molecule has 0 aromatic carbocycles. The average molecular weight is 301 g/mol. The fraction of sp³-hybridized carbons (Fsp3) is 0.583. The van der Waals surface area contributed by atoms with Gasteiger partial charge in [0.25, 0.3) is 0 Å². The molecule has 0 amide bonds. The Balaban J connectivity index is 1.82. The van der Waals surface area contributed by atoms with Gasteiger partial charge in [0, 0.05) is 4.88 Å². The Morgan fingerprint density at radius 3 is 2.69 bits per heavy atom. The van der Waals surface area contributed by atoms with Crippen LogP contribution in [0.15, 0.2) is 15.9 Å². The third kappa shape index (κ3) is 1.72. The normalized spacial score (nSPS) is 36.1. The Bertz CT molecular complexity index is 430. The van der Waals surface area contributed by atoms with Crippen molar-refractivity contribution in [3.63, 3.8) is 0 Å². The summed E-state index contributed by atoms with van der Waals surface area (Å²) in [5, 5.41) is 9.46. The molecule has 0 saturated heterocycles. The Hall–Kier alpha value is -0.350. The minimum atomic E-state index is -0.593. The van der Waals surface area contributed by atoms with Gasteiger partial charge < -0.3 is 5.11 Å². The van der Waals surface area contributed by atoms with E-state index in [-0.39, 0.29) is 0 Å². The lowest BCUT2D eigenvalue weighted by atomic mass is 9.79. The molecule has 0 aliphatic heterocycles. The van der Waals surface area contributed by atoms with E-state index in [2.05, 4.69) is 15.9 Å². The van der Waals surface area contributed by atoms with Crippen LogP contribution in [0.1, 0.15) is 24.1 Å². The monoisotopic (exact) mass is 300 g/mol. The van der Waals surface area contributed by atoms with Gasteiger partial charge in [-0.2, -0.15) is 0 Å². The summed E-state index contributed by atoms with van der Waals surface area (Å²) in [4.78, 5) is 12.7. The number of carboxylic acid groups (broad SMARTS) is 1. The molecule has 0 spiro atoms. The number of rotatable bonds is 3. The lowest BCUT2D eigenvalue weighted by molar-refractivity contribution is -0.149. The molecule has 1 heterocycles. The zero-order chi connectivity index (χ0) is 11.3. The first-order chi connectivity index (χ1) is 7.59. The van der Waals surface area contributed by atoms with Gasteiger partial charge in [-0.1, -0.05) is 0 Å². The smallest absolute Gasteiger partial charge is 0.310 e. The van der Waals surface area contributed by atoms with Crippen LogP contribution < -0.4 is 0 Å². The van der Waals surface area contributed by atoms with Crippen molar-refractivity contribution in [3.8, 4) is 0 Å². The molecule has 0 bridgehead atoms. The molecule has 0 radical (unpaired) electrons. The van der Waals surface area contributed by atoms with Crippen LogP contribution in [0.2, 0.25) is 0 Å². The first kappa shape index (κ1) is 10.8. The second-order valence-corrected chi connectivity index (χ2v) is 7.68. The number of hydrogen-bond acceptors (Lipinski definition) is 2. The minimum Gasteiger partial charge on any atom is -0.481 e. The van der Waals surface area contributed by atoms with Crippen LogP contribution in [0, 0.1) is 17.3 Å². The minimum absolute atomic E-state index is 0.460. The van der Waals surface area contributed by atoms with E-state index in [0.717, 1.165) is 16.6 Å². The van der Waals surface area contributed by atoms with E-state index in [1.54, 1.807) is 11.3 Å². The second-order valence-electron chi connectivity index (χ2n) is 5.13. The lowest BCUT2D eigenvalue weighted by Crippen LogP contribution is -2.31. The highest BCUT2D eigenvalue weighted by Crippen LogP contribution is 2.61. The second kappa shape index (κ2) is 3.57. The molecule has 2 atom stereocenters. The number of aliphatic carboxylic acids is 1. The first-order valence-electron chi connectivity index (χ1n) is 5.57. The molecule has 2 unspecified atom stereocenters. The van der Waals surface area contributed by atoms with Crippen molar-refractivity contribution in [2.75, 3.05) is 0 Å². The molecule has 1 aromatic rings. The molecule has 2 fully saturated rings. The van der Waals surface area contributed by atoms with E-state index in [1.807, 2.05) is 12.1 Å². The molecule has 1 aromatic heterocycles. The van der Waals surface area contributed by atoms with Gasteiger partial charge in [0.1, 0.15) is 0 Å². The standard InChI is InChI=1S/C12H13BrO2S/c13-10-2-1-9(16-10)6-12(11(14)15)4-7-3-8(7)5-12/h1-2,7-8H,3-6H2,(H,14,15). The van der Waals surface area contributed by atoms with E-state index in [4.69, 9.17) is 0 Å². The Morgan fingerprint density at radius 2 is 2.19 bits per heavy atom. The molecular formula is C12H13BrO2S. The Labute approximate surface area is 107 Å². The van der Waals surface area contributed by atoms with Gasteiger partial charge in [-0.3, -0.25) is 4.79 Å². The highest BCUT2D eigenvalue weighted by molar-refractivity contribution is 9.11. The lowest BCUT2D eigenvalue weighted by Gasteiger charge is -2.25. The first-order valence-corrected chi connectivity index (χ1v) is 7.18. The number of carbonyl (C=O) groups is 1. The molecule has 4 heteroatoms. The van der Waals surface area contributed by atoms with Crippen LogP contribution in [0.4, 0.5) is 0 Å². The topological polar surface area (TPSA) is 37.3 Å². The van der Waals surface area contributed by atoms with Crippen molar-refractivity contribution < 1.29 is 9.90 Å². The van der Waals surface area contributed by atoms with Crippen LogP contribution in [0.5, 0.6) is 0 Å². The molecule has 1 N–H and O–H groups in total. The molecule has 86 valence electrons. The summed E-state index contributed by atoms with van der Waals surface area (Å²) in [6.45, 7) is 0. The van der Waals surface area contributed by atoms with Crippen LogP contribution in [0.25, 0.3) is 0 Å². The summed E-state index contributed by atoms with van der Waals surface area (Å²) in [7, 11) is 0. The maximum Gasteiger partial charge on any atom is 0.310 e. The highest BCUT2D eigenvalue weighted by atomic mass is 79.9. The molecule has 16 heavy (non-hydrogen) atoms. The van der Waals surface area contributed by atoms with E-state index in [0.29, 0.717) is 18.3 Å². The SMILES string of the molecule is O=C(O)C1(Cc2ccc(Br)s2)CC2CC2C1. The maximum absolute atomic E-state index is 11.5. The number of carboxylic acids is 1.